The summed E-state index contributed by atoms with van der Waals surface area (Å²) < 4.78 is 0. The van der Waals surface area contributed by atoms with E-state index in [0.29, 0.717) is 0 Å². The summed E-state index contributed by atoms with van der Waals surface area (Å²) in [4.78, 5) is 0. The summed E-state index contributed by atoms with van der Waals surface area (Å²) in [5, 5.41) is 0. The lowest BCUT2D eigenvalue weighted by Crippen LogP contribution is -1.91. The molecule has 0 unspecified atom stereocenters. The first-order chi connectivity index (χ1) is 4.34. The third-order valence-electron chi connectivity index (χ3n) is 1.84. The lowest BCUT2D eigenvalue weighted by Gasteiger charge is -2.11. The normalized spacial score (nSPS) is 16.2. The maximum absolute atomic E-state index is 2.23. The molecule has 0 fully saturated rings. The van der Waals surface area contributed by atoms with Crippen LogP contribution in [0.2, 0.25) is 0 Å². The molecular weight excluding hydrogens is 108 g/mol. The molecule has 0 saturated heterocycles. The van der Waals surface area contributed by atoms with Crippen LogP contribution in [0.3, 0.4) is 0 Å². The van der Waals surface area contributed by atoms with Crippen LogP contribution < -0.4 is 0 Å². The summed E-state index contributed by atoms with van der Waals surface area (Å²) >= 11 is 0. The third kappa shape index (κ3) is 1.44. The highest BCUT2D eigenvalue weighted by molar-refractivity contribution is 5.42. The Morgan fingerprint density at radius 3 is 2.44 bits per heavy atom. The van der Waals surface area contributed by atoms with Crippen molar-refractivity contribution >= 4 is 0 Å². The Kier molecular flexibility index (Phi) is 2.10. The predicted molar refractivity (Wildman–Crippen MR) is 41.4 cm³/mol. The summed E-state index contributed by atoms with van der Waals surface area (Å²) in [6, 6.07) is 0. The van der Waals surface area contributed by atoms with E-state index in [9.17, 15) is 0 Å². The molecule has 1 aliphatic rings. The van der Waals surface area contributed by atoms with Gasteiger partial charge in [-0.1, -0.05) is 25.5 Å². The molecule has 1 aliphatic carbocycles. The summed E-state index contributed by atoms with van der Waals surface area (Å²) in [7, 11) is 0. The Bertz CT molecular complexity index is 149. The molecule has 0 saturated carbocycles. The van der Waals surface area contributed by atoms with E-state index in [1.165, 1.54) is 24.8 Å². The van der Waals surface area contributed by atoms with Crippen molar-refractivity contribution in [2.24, 2.45) is 0 Å². The van der Waals surface area contributed by atoms with Crippen molar-refractivity contribution in [2.45, 2.75) is 33.1 Å². The van der Waals surface area contributed by atoms with E-state index < -0.39 is 0 Å². The van der Waals surface area contributed by atoms with Crippen molar-refractivity contribution in [1.82, 2.24) is 0 Å². The molecule has 0 aromatic rings. The Hall–Kier alpha value is -0.520. The molecular formula is C9H14. The molecule has 0 radical (unpaired) electrons. The smallest absolute Gasteiger partial charge is 0.0276 e. The van der Waals surface area contributed by atoms with Crippen molar-refractivity contribution in [3.05, 3.63) is 23.3 Å². The zero-order valence-electron chi connectivity index (χ0n) is 6.28. The van der Waals surface area contributed by atoms with Crippen LogP contribution in [0.25, 0.3) is 0 Å². The van der Waals surface area contributed by atoms with E-state index >= 15 is 0 Å². The number of hydrogen-bond donors (Lipinski definition) is 0. The lowest BCUT2D eigenvalue weighted by molar-refractivity contribution is 0.789. The second-order valence-corrected chi connectivity index (χ2v) is 2.65. The average Bonchev–Trinajstić information content (AvgIpc) is 1.86. The summed E-state index contributed by atoms with van der Waals surface area (Å²) in [5.41, 5.74) is 3.06. The molecule has 9 heavy (non-hydrogen) atoms. The molecule has 1 rings (SSSR count). The van der Waals surface area contributed by atoms with Gasteiger partial charge in [0.05, 0.1) is 0 Å². The average molecular weight is 122 g/mol. The highest BCUT2D eigenvalue weighted by Crippen LogP contribution is 2.22. The van der Waals surface area contributed by atoms with Gasteiger partial charge in [-0.15, -0.1) is 0 Å². The molecule has 0 aliphatic heterocycles. The molecule has 0 aromatic heterocycles. The van der Waals surface area contributed by atoms with Gasteiger partial charge >= 0.3 is 0 Å². The van der Waals surface area contributed by atoms with Gasteiger partial charge in [0.1, 0.15) is 0 Å². The number of rotatable bonds is 3. The fourth-order valence-corrected chi connectivity index (χ4v) is 1.02. The van der Waals surface area contributed by atoms with Gasteiger partial charge in [-0.3, -0.25) is 0 Å². The van der Waals surface area contributed by atoms with Gasteiger partial charge in [0, 0.05) is 0 Å². The molecule has 0 amide bonds. The summed E-state index contributed by atoms with van der Waals surface area (Å²) in [6.45, 7) is 4.42. The van der Waals surface area contributed by atoms with Gasteiger partial charge in [-0.05, 0) is 30.9 Å². The van der Waals surface area contributed by atoms with Crippen LogP contribution in [-0.2, 0) is 0 Å². The van der Waals surface area contributed by atoms with E-state index in [1.54, 1.807) is 5.57 Å². The van der Waals surface area contributed by atoms with Crippen LogP contribution in [0, 0.1) is 0 Å². The molecule has 0 heterocycles. The van der Waals surface area contributed by atoms with Crippen LogP contribution in [0.5, 0.6) is 0 Å². The number of unbranched alkanes of at least 4 members (excludes halogenated alkanes) is 1. The Labute approximate surface area is 57.3 Å². The van der Waals surface area contributed by atoms with Crippen LogP contribution in [0.15, 0.2) is 23.3 Å². The van der Waals surface area contributed by atoms with Crippen LogP contribution in [0.4, 0.5) is 0 Å². The number of allylic oxidation sites excluding steroid dienone is 4. The second-order valence-electron chi connectivity index (χ2n) is 2.65. The quantitative estimate of drug-likeness (QED) is 0.539. The summed E-state index contributed by atoms with van der Waals surface area (Å²) in [5.74, 6) is 0. The topological polar surface area (TPSA) is 0 Å². The van der Waals surface area contributed by atoms with Crippen molar-refractivity contribution < 1.29 is 0 Å². The van der Waals surface area contributed by atoms with Crippen LogP contribution >= 0.6 is 0 Å². The first-order valence-corrected chi connectivity index (χ1v) is 3.72. The van der Waals surface area contributed by atoms with Crippen LogP contribution in [0.1, 0.15) is 33.1 Å². The Morgan fingerprint density at radius 2 is 2.11 bits per heavy atom. The molecule has 0 atom stereocenters. The molecule has 0 heteroatoms. The Balaban J connectivity index is 2.22. The van der Waals surface area contributed by atoms with E-state index in [1.807, 2.05) is 0 Å². The standard InChI is InChI=1S/C9H14/c1-3-4-5-9-7-6-8(9)2/h6-7H,3-5H2,1-2H3. The first kappa shape index (κ1) is 6.60. The zero-order chi connectivity index (χ0) is 6.69. The van der Waals surface area contributed by atoms with Crippen LogP contribution in [-0.4, -0.2) is 0 Å². The maximum atomic E-state index is 2.23. The van der Waals surface area contributed by atoms with Gasteiger partial charge < -0.3 is 0 Å². The van der Waals surface area contributed by atoms with Crippen molar-refractivity contribution in [3.63, 3.8) is 0 Å². The molecule has 0 nitrogen and oxygen atoms in total. The third-order valence-corrected chi connectivity index (χ3v) is 1.84. The molecule has 0 spiro atoms. The second kappa shape index (κ2) is 2.86. The number of hydrogen-bond acceptors (Lipinski definition) is 0. The molecule has 0 N–H and O–H groups in total. The van der Waals surface area contributed by atoms with Gasteiger partial charge in [-0.2, -0.15) is 0 Å². The molecule has 0 bridgehead atoms. The fourth-order valence-electron chi connectivity index (χ4n) is 1.02. The minimum Gasteiger partial charge on any atom is -0.0654 e. The van der Waals surface area contributed by atoms with Gasteiger partial charge in [0.25, 0.3) is 0 Å². The van der Waals surface area contributed by atoms with E-state index in [4.69, 9.17) is 0 Å². The fraction of sp³-hybridized carbons (Fsp3) is 0.556. The zero-order valence-corrected chi connectivity index (χ0v) is 6.28. The highest BCUT2D eigenvalue weighted by atomic mass is 14.1. The van der Waals surface area contributed by atoms with Gasteiger partial charge in [0.2, 0.25) is 0 Å². The van der Waals surface area contributed by atoms with E-state index in [0.717, 1.165) is 0 Å². The Morgan fingerprint density at radius 1 is 1.33 bits per heavy atom. The minimum absolute atomic E-state index is 1.29. The van der Waals surface area contributed by atoms with E-state index in [2.05, 4.69) is 26.0 Å². The van der Waals surface area contributed by atoms with E-state index in [-0.39, 0.29) is 0 Å². The lowest BCUT2D eigenvalue weighted by atomic mass is 9.95. The maximum Gasteiger partial charge on any atom is -0.0276 e. The van der Waals surface area contributed by atoms with Gasteiger partial charge in [0.15, 0.2) is 0 Å². The first-order valence-electron chi connectivity index (χ1n) is 3.72. The molecule has 50 valence electrons. The van der Waals surface area contributed by atoms with Gasteiger partial charge in [-0.25, -0.2) is 0 Å². The van der Waals surface area contributed by atoms with Crippen molar-refractivity contribution in [3.8, 4) is 0 Å². The summed E-state index contributed by atoms with van der Waals surface area (Å²) in [6.07, 6.45) is 8.36. The monoisotopic (exact) mass is 122 g/mol. The molecule has 0 aromatic carbocycles. The van der Waals surface area contributed by atoms with Crippen molar-refractivity contribution in [2.75, 3.05) is 0 Å². The van der Waals surface area contributed by atoms with Crippen molar-refractivity contribution in [1.29, 1.82) is 0 Å². The largest absolute Gasteiger partial charge is 0.0654 e. The minimum atomic E-state index is 1.29. The highest BCUT2D eigenvalue weighted by Gasteiger charge is 2.02. The SMILES string of the molecule is CCCCC1=C(C)C=C1. The predicted octanol–water partition coefficient (Wildman–Crippen LogP) is 3.06.